The summed E-state index contributed by atoms with van der Waals surface area (Å²) in [6.07, 6.45) is 0. The van der Waals surface area contributed by atoms with Gasteiger partial charge in [0, 0.05) is 0 Å². The molecule has 0 spiro atoms. The molecule has 0 aromatic heterocycles. The minimum absolute atomic E-state index is 0.0518. The van der Waals surface area contributed by atoms with E-state index >= 15 is 0 Å². The Bertz CT molecular complexity index is 382. The van der Waals surface area contributed by atoms with Crippen LogP contribution in [0.25, 0.3) is 0 Å². The largest absolute Gasteiger partial charge is 0.480 e. The Kier molecular flexibility index (Phi) is 5.22. The van der Waals surface area contributed by atoms with Crippen LogP contribution in [0.4, 0.5) is 4.79 Å². The molecule has 0 bridgehead atoms. The van der Waals surface area contributed by atoms with Crippen molar-refractivity contribution in [3.8, 4) is 0 Å². The number of carbonyl (C=O) groups is 2. The topological polar surface area (TPSA) is 75.6 Å². The Morgan fingerprint density at radius 2 is 2.00 bits per heavy atom. The Morgan fingerprint density at radius 3 is 2.53 bits per heavy atom. The Morgan fingerprint density at radius 1 is 1.35 bits per heavy atom. The molecule has 1 aromatic carbocycles. The van der Waals surface area contributed by atoms with E-state index in [4.69, 9.17) is 9.84 Å². The second-order valence-electron chi connectivity index (χ2n) is 3.59. The van der Waals surface area contributed by atoms with Crippen LogP contribution < -0.4 is 5.32 Å². The molecular formula is C11H14BNO4. The summed E-state index contributed by atoms with van der Waals surface area (Å²) in [4.78, 5) is 21.5. The summed E-state index contributed by atoms with van der Waals surface area (Å²) in [6.45, 7) is 0.272. The number of rotatable bonds is 6. The molecule has 6 heteroatoms. The Balaban J connectivity index is 2.37. The number of nitrogens with one attached hydrogen (secondary N) is 1. The fraction of sp³-hybridized carbons (Fsp3) is 0.273. The summed E-state index contributed by atoms with van der Waals surface area (Å²) in [5.41, 5.74) is 0.958. The smallest absolute Gasteiger partial charge is 0.328 e. The van der Waals surface area contributed by atoms with E-state index in [1.54, 1.807) is 0 Å². The minimum atomic E-state index is -1.10. The van der Waals surface area contributed by atoms with Crippen molar-refractivity contribution in [3.05, 3.63) is 35.9 Å². The number of carbonyl (C=O) groups excluding carboxylic acids is 1. The molecule has 0 aliphatic rings. The number of carboxylic acids is 1. The van der Waals surface area contributed by atoms with Crippen LogP contribution in [0, 0.1) is 0 Å². The van der Waals surface area contributed by atoms with Crippen LogP contribution in [0.2, 0.25) is 0 Å². The number of carboxylic acid groups (broad SMARTS) is 1. The third-order valence-electron chi connectivity index (χ3n) is 2.07. The Labute approximate surface area is 100 Å². The molecule has 5 nitrogen and oxygen atoms in total. The van der Waals surface area contributed by atoms with Crippen molar-refractivity contribution in [1.29, 1.82) is 0 Å². The van der Waals surface area contributed by atoms with Crippen molar-refractivity contribution >= 4 is 19.6 Å². The number of benzene rings is 1. The van der Waals surface area contributed by atoms with Gasteiger partial charge in [-0.15, -0.1) is 0 Å². The molecule has 17 heavy (non-hydrogen) atoms. The number of ether oxygens (including phenoxy) is 1. The summed E-state index contributed by atoms with van der Waals surface area (Å²) >= 11 is 0. The number of hydrogen-bond acceptors (Lipinski definition) is 3. The molecular weight excluding hydrogens is 221 g/mol. The normalized spacial score (nSPS) is 11.8. The lowest BCUT2D eigenvalue weighted by Gasteiger charge is -2.13. The first-order valence-corrected chi connectivity index (χ1v) is 5.21. The molecule has 0 saturated heterocycles. The van der Waals surface area contributed by atoms with Gasteiger partial charge in [0.25, 0.3) is 0 Å². The van der Waals surface area contributed by atoms with E-state index in [0.29, 0.717) is 6.61 Å². The summed E-state index contributed by atoms with van der Waals surface area (Å²) in [5.74, 6) is -1.49. The zero-order valence-corrected chi connectivity index (χ0v) is 9.55. The van der Waals surface area contributed by atoms with Gasteiger partial charge in [0.15, 0.2) is 5.81 Å². The molecule has 1 atom stereocenters. The predicted molar refractivity (Wildman–Crippen MR) is 64.6 cm³/mol. The van der Waals surface area contributed by atoms with E-state index in [-0.39, 0.29) is 12.4 Å². The lowest BCUT2D eigenvalue weighted by Crippen LogP contribution is -2.43. The lowest BCUT2D eigenvalue weighted by atomic mass is 10.1. The van der Waals surface area contributed by atoms with Crippen molar-refractivity contribution in [1.82, 2.24) is 5.32 Å². The molecule has 0 aliphatic heterocycles. The van der Waals surface area contributed by atoms with Crippen LogP contribution >= 0.6 is 0 Å². The van der Waals surface area contributed by atoms with Gasteiger partial charge in [0.1, 0.15) is 6.04 Å². The van der Waals surface area contributed by atoms with Crippen LogP contribution in [0.5, 0.6) is 0 Å². The fourth-order valence-electron chi connectivity index (χ4n) is 1.29. The first-order valence-electron chi connectivity index (χ1n) is 5.21. The first kappa shape index (κ1) is 13.3. The number of amides is 1. The monoisotopic (exact) mass is 235 g/mol. The molecule has 90 valence electrons. The van der Waals surface area contributed by atoms with Crippen molar-refractivity contribution in [2.45, 2.75) is 12.6 Å². The molecule has 0 saturated carbocycles. The fourth-order valence-corrected chi connectivity index (χ4v) is 1.29. The molecule has 1 amide bonds. The van der Waals surface area contributed by atoms with E-state index in [1.165, 1.54) is 7.85 Å². The summed E-state index contributed by atoms with van der Waals surface area (Å²) in [5, 5.41) is 11.1. The summed E-state index contributed by atoms with van der Waals surface area (Å²) in [6, 6.07) is 8.40. The first-order chi connectivity index (χ1) is 8.09. The van der Waals surface area contributed by atoms with Crippen LogP contribution in [0.3, 0.4) is 0 Å². The second kappa shape index (κ2) is 6.70. The van der Waals surface area contributed by atoms with E-state index < -0.39 is 12.0 Å². The molecule has 0 fully saturated rings. The van der Waals surface area contributed by atoms with Gasteiger partial charge in [-0.25, -0.2) is 4.79 Å². The molecule has 0 heterocycles. The number of aliphatic carboxylic acids is 1. The average molecular weight is 235 g/mol. The lowest BCUT2D eigenvalue weighted by molar-refractivity contribution is -0.140. The highest BCUT2D eigenvalue weighted by molar-refractivity contribution is 6.57. The quantitative estimate of drug-likeness (QED) is 0.680. The summed E-state index contributed by atoms with van der Waals surface area (Å²) < 4.78 is 5.25. The number of hydrogen-bond donors (Lipinski definition) is 2. The van der Waals surface area contributed by atoms with Crippen molar-refractivity contribution in [3.63, 3.8) is 0 Å². The molecule has 1 aromatic rings. The highest BCUT2D eigenvalue weighted by atomic mass is 16.5. The van der Waals surface area contributed by atoms with E-state index in [2.05, 4.69) is 5.32 Å². The SMILES string of the molecule is BC(=O)N[C@@H](COCc1ccccc1)C(=O)O. The summed E-state index contributed by atoms with van der Waals surface area (Å²) in [7, 11) is 1.27. The molecule has 0 aliphatic carbocycles. The third-order valence-corrected chi connectivity index (χ3v) is 2.07. The van der Waals surface area contributed by atoms with Crippen molar-refractivity contribution < 1.29 is 19.4 Å². The van der Waals surface area contributed by atoms with Crippen molar-refractivity contribution in [2.75, 3.05) is 6.61 Å². The van der Waals surface area contributed by atoms with Crippen LogP contribution in [0.1, 0.15) is 5.56 Å². The van der Waals surface area contributed by atoms with Crippen LogP contribution in [-0.4, -0.2) is 37.4 Å². The minimum Gasteiger partial charge on any atom is -0.480 e. The highest BCUT2D eigenvalue weighted by Gasteiger charge is 2.17. The maximum Gasteiger partial charge on any atom is 0.328 e. The zero-order valence-electron chi connectivity index (χ0n) is 9.55. The van der Waals surface area contributed by atoms with Gasteiger partial charge < -0.3 is 15.2 Å². The molecule has 2 N–H and O–H groups in total. The van der Waals surface area contributed by atoms with Gasteiger partial charge >= 0.3 is 5.97 Å². The van der Waals surface area contributed by atoms with Gasteiger partial charge in [-0.1, -0.05) is 30.3 Å². The van der Waals surface area contributed by atoms with Crippen molar-refractivity contribution in [2.24, 2.45) is 0 Å². The van der Waals surface area contributed by atoms with Gasteiger partial charge in [0.05, 0.1) is 13.2 Å². The zero-order chi connectivity index (χ0) is 12.7. The van der Waals surface area contributed by atoms with E-state index in [9.17, 15) is 9.59 Å². The van der Waals surface area contributed by atoms with Crippen LogP contribution in [-0.2, 0) is 16.1 Å². The average Bonchev–Trinajstić information content (AvgIpc) is 2.28. The van der Waals surface area contributed by atoms with E-state index in [0.717, 1.165) is 5.56 Å². The molecule has 0 radical (unpaired) electrons. The van der Waals surface area contributed by atoms with Gasteiger partial charge in [0.2, 0.25) is 7.85 Å². The van der Waals surface area contributed by atoms with E-state index in [1.807, 2.05) is 30.3 Å². The molecule has 1 rings (SSSR count). The van der Waals surface area contributed by atoms with Crippen LogP contribution in [0.15, 0.2) is 30.3 Å². The highest BCUT2D eigenvalue weighted by Crippen LogP contribution is 2.01. The standard InChI is InChI=1S/C11H14BNO4/c12-11(16)13-9(10(14)15)7-17-6-8-4-2-1-3-5-8/h1-5,9H,6-7,12H2,(H,13,16)(H,14,15)/t9-/m0/s1. The van der Waals surface area contributed by atoms with Gasteiger partial charge in [-0.3, -0.25) is 4.79 Å². The Hall–Kier alpha value is -1.82. The third kappa shape index (κ3) is 5.17. The second-order valence-corrected chi connectivity index (χ2v) is 3.59. The van der Waals surface area contributed by atoms with Gasteiger partial charge in [-0.05, 0) is 5.56 Å². The maximum atomic E-state index is 10.8. The predicted octanol–water partition coefficient (Wildman–Crippen LogP) is -0.000900. The van der Waals surface area contributed by atoms with Gasteiger partial charge in [-0.2, -0.15) is 0 Å². The molecule has 0 unspecified atom stereocenters. The maximum absolute atomic E-state index is 10.8.